The molecule has 0 aliphatic carbocycles. The maximum Gasteiger partial charge on any atom is 0.264 e. The van der Waals surface area contributed by atoms with Crippen molar-refractivity contribution in [3.8, 4) is 11.5 Å². The Morgan fingerprint density at radius 1 is 1.30 bits per heavy atom. The van der Waals surface area contributed by atoms with Crippen LogP contribution in [0.25, 0.3) is 0 Å². The molecule has 0 unspecified atom stereocenters. The number of carbonyl (C=O) groups is 1. The summed E-state index contributed by atoms with van der Waals surface area (Å²) in [5.41, 5.74) is 2.47. The lowest BCUT2D eigenvalue weighted by Crippen LogP contribution is -2.26. The molecular formula is C16H20N4O3. The van der Waals surface area contributed by atoms with Crippen LogP contribution in [0.5, 0.6) is 11.5 Å². The van der Waals surface area contributed by atoms with Crippen LogP contribution in [0, 0.1) is 0 Å². The molecule has 7 nitrogen and oxygen atoms in total. The number of ether oxygens (including phenoxy) is 2. The molecule has 0 bridgehead atoms. The Kier molecular flexibility index (Phi) is 4.20. The second kappa shape index (κ2) is 6.29. The van der Waals surface area contributed by atoms with E-state index in [1.165, 1.54) is 14.2 Å². The third kappa shape index (κ3) is 2.87. The van der Waals surface area contributed by atoms with E-state index in [9.17, 15) is 4.79 Å². The molecule has 3 rings (SSSR count). The van der Waals surface area contributed by atoms with Crippen LogP contribution in [0.3, 0.4) is 0 Å². The number of nitrogens with zero attached hydrogens (tertiary/aromatic N) is 2. The molecule has 1 aliphatic rings. The van der Waals surface area contributed by atoms with Gasteiger partial charge in [0.2, 0.25) is 0 Å². The highest BCUT2D eigenvalue weighted by atomic mass is 16.5. The number of H-pyrrole nitrogens is 1. The number of anilines is 1. The summed E-state index contributed by atoms with van der Waals surface area (Å²) < 4.78 is 10.6. The topological polar surface area (TPSA) is 79.5 Å². The number of amides is 1. The zero-order valence-electron chi connectivity index (χ0n) is 13.5. The van der Waals surface area contributed by atoms with E-state index in [2.05, 4.69) is 27.5 Å². The van der Waals surface area contributed by atoms with Crippen LogP contribution in [-0.4, -0.2) is 48.8 Å². The van der Waals surface area contributed by atoms with Gasteiger partial charge in [0.05, 0.1) is 19.9 Å². The minimum absolute atomic E-state index is 0.299. The summed E-state index contributed by atoms with van der Waals surface area (Å²) in [6.45, 7) is 1.74. The molecule has 2 aromatic rings. The van der Waals surface area contributed by atoms with Crippen molar-refractivity contribution in [2.45, 2.75) is 13.0 Å². The number of rotatable bonds is 4. The molecule has 1 aromatic heterocycles. The molecule has 1 aliphatic heterocycles. The van der Waals surface area contributed by atoms with Crippen molar-refractivity contribution in [3.63, 3.8) is 0 Å². The van der Waals surface area contributed by atoms with Crippen molar-refractivity contribution in [2.75, 3.05) is 33.1 Å². The highest BCUT2D eigenvalue weighted by molar-refractivity contribution is 6.08. The molecule has 122 valence electrons. The molecule has 1 amide bonds. The number of likely N-dealkylation sites (N-methyl/N-ethyl adjacent to an activating group) is 1. The van der Waals surface area contributed by atoms with Crippen LogP contribution in [0.1, 0.15) is 21.6 Å². The van der Waals surface area contributed by atoms with Crippen molar-refractivity contribution in [1.82, 2.24) is 15.1 Å². The third-order valence-corrected chi connectivity index (χ3v) is 4.01. The minimum atomic E-state index is -0.299. The zero-order chi connectivity index (χ0) is 16.4. The Balaban J connectivity index is 1.89. The van der Waals surface area contributed by atoms with Crippen molar-refractivity contribution in [1.29, 1.82) is 0 Å². The average Bonchev–Trinajstić information content (AvgIpc) is 2.95. The number of benzene rings is 1. The minimum Gasteiger partial charge on any atom is -0.496 e. The van der Waals surface area contributed by atoms with Crippen molar-refractivity contribution in [3.05, 3.63) is 35.0 Å². The summed E-state index contributed by atoms with van der Waals surface area (Å²) in [5.74, 6) is 1.20. The van der Waals surface area contributed by atoms with Crippen LogP contribution >= 0.6 is 0 Å². The molecule has 0 atom stereocenters. The van der Waals surface area contributed by atoms with E-state index in [4.69, 9.17) is 9.47 Å². The van der Waals surface area contributed by atoms with E-state index in [1.807, 2.05) is 0 Å². The molecule has 23 heavy (non-hydrogen) atoms. The lowest BCUT2D eigenvalue weighted by atomic mass is 10.1. The van der Waals surface area contributed by atoms with Gasteiger partial charge in [-0.3, -0.25) is 9.89 Å². The van der Waals surface area contributed by atoms with E-state index in [1.54, 1.807) is 18.2 Å². The summed E-state index contributed by atoms with van der Waals surface area (Å²) in [6.07, 6.45) is 0.848. The predicted octanol–water partition coefficient (Wildman–Crippen LogP) is 1.67. The Morgan fingerprint density at radius 3 is 2.65 bits per heavy atom. The number of fused-ring (bicyclic) bond motifs is 1. The molecule has 0 spiro atoms. The Hall–Kier alpha value is -2.54. The highest BCUT2D eigenvalue weighted by Gasteiger charge is 2.24. The Labute approximate surface area is 134 Å². The first-order chi connectivity index (χ1) is 11.1. The normalized spacial score (nSPS) is 14.2. The molecule has 2 heterocycles. The first kappa shape index (κ1) is 15.4. The van der Waals surface area contributed by atoms with Gasteiger partial charge >= 0.3 is 0 Å². The van der Waals surface area contributed by atoms with Crippen LogP contribution in [0.15, 0.2) is 18.2 Å². The van der Waals surface area contributed by atoms with E-state index >= 15 is 0 Å². The number of hydrogen-bond acceptors (Lipinski definition) is 5. The van der Waals surface area contributed by atoms with Crippen molar-refractivity contribution >= 4 is 11.7 Å². The molecule has 2 N–H and O–H groups in total. The van der Waals surface area contributed by atoms with E-state index < -0.39 is 0 Å². The molecule has 0 saturated heterocycles. The van der Waals surface area contributed by atoms with Gasteiger partial charge in [-0.1, -0.05) is 6.07 Å². The summed E-state index contributed by atoms with van der Waals surface area (Å²) >= 11 is 0. The molecule has 1 aromatic carbocycles. The van der Waals surface area contributed by atoms with E-state index in [0.29, 0.717) is 22.9 Å². The quantitative estimate of drug-likeness (QED) is 0.897. The fraction of sp³-hybridized carbons (Fsp3) is 0.375. The second-order valence-corrected chi connectivity index (χ2v) is 5.51. The SMILES string of the molecule is COc1cccc(OC)c1C(=O)Nc1n[nH]c2c1CCN(C)C2. The smallest absolute Gasteiger partial charge is 0.264 e. The zero-order valence-corrected chi connectivity index (χ0v) is 13.5. The largest absolute Gasteiger partial charge is 0.496 e. The summed E-state index contributed by atoms with van der Waals surface area (Å²) in [6, 6.07) is 5.24. The van der Waals surface area contributed by atoms with Gasteiger partial charge in [0.25, 0.3) is 5.91 Å². The van der Waals surface area contributed by atoms with Gasteiger partial charge in [-0.25, -0.2) is 0 Å². The average molecular weight is 316 g/mol. The maximum absolute atomic E-state index is 12.7. The van der Waals surface area contributed by atoms with Crippen LogP contribution in [0.2, 0.25) is 0 Å². The highest BCUT2D eigenvalue weighted by Crippen LogP contribution is 2.30. The number of hydrogen-bond donors (Lipinski definition) is 2. The lowest BCUT2D eigenvalue weighted by Gasteiger charge is -2.22. The number of aromatic amines is 1. The predicted molar refractivity (Wildman–Crippen MR) is 86.1 cm³/mol. The van der Waals surface area contributed by atoms with Gasteiger partial charge in [-0.15, -0.1) is 0 Å². The molecule has 0 radical (unpaired) electrons. The second-order valence-electron chi connectivity index (χ2n) is 5.51. The number of aromatic nitrogens is 2. The standard InChI is InChI=1S/C16H20N4O3/c1-20-8-7-10-11(9-20)18-19-15(10)17-16(21)14-12(22-2)5-4-6-13(14)23-3/h4-6H,7-9H2,1-3H3,(H2,17,18,19,21). The maximum atomic E-state index is 12.7. The van der Waals surface area contributed by atoms with Gasteiger partial charge in [-0.2, -0.15) is 5.10 Å². The van der Waals surface area contributed by atoms with Gasteiger partial charge < -0.3 is 19.7 Å². The monoisotopic (exact) mass is 316 g/mol. The fourth-order valence-corrected chi connectivity index (χ4v) is 2.80. The lowest BCUT2D eigenvalue weighted by molar-refractivity contribution is 0.102. The molecule has 7 heteroatoms. The summed E-state index contributed by atoms with van der Waals surface area (Å²) in [7, 11) is 5.11. The first-order valence-electron chi connectivity index (χ1n) is 7.41. The summed E-state index contributed by atoms with van der Waals surface area (Å²) in [4.78, 5) is 14.9. The molecular weight excluding hydrogens is 296 g/mol. The number of methoxy groups -OCH3 is 2. The number of carbonyl (C=O) groups excluding carboxylic acids is 1. The van der Waals surface area contributed by atoms with Crippen LogP contribution in [-0.2, 0) is 13.0 Å². The van der Waals surface area contributed by atoms with Crippen LogP contribution in [0.4, 0.5) is 5.82 Å². The van der Waals surface area contributed by atoms with Gasteiger partial charge in [-0.05, 0) is 25.6 Å². The van der Waals surface area contributed by atoms with E-state index in [0.717, 1.165) is 30.8 Å². The van der Waals surface area contributed by atoms with Gasteiger partial charge in [0, 0.05) is 18.7 Å². The van der Waals surface area contributed by atoms with Gasteiger partial charge in [0.15, 0.2) is 5.82 Å². The molecule has 0 fully saturated rings. The Morgan fingerprint density at radius 2 is 2.00 bits per heavy atom. The third-order valence-electron chi connectivity index (χ3n) is 4.01. The first-order valence-corrected chi connectivity index (χ1v) is 7.41. The Bertz CT molecular complexity index is 704. The summed E-state index contributed by atoms with van der Waals surface area (Å²) in [5, 5.41) is 10.1. The fourth-order valence-electron chi connectivity index (χ4n) is 2.80. The van der Waals surface area contributed by atoms with E-state index in [-0.39, 0.29) is 5.91 Å². The van der Waals surface area contributed by atoms with Gasteiger partial charge in [0.1, 0.15) is 17.1 Å². The number of nitrogens with one attached hydrogen (secondary N) is 2. The van der Waals surface area contributed by atoms with Crippen molar-refractivity contribution < 1.29 is 14.3 Å². The van der Waals surface area contributed by atoms with Crippen LogP contribution < -0.4 is 14.8 Å². The van der Waals surface area contributed by atoms with Crippen molar-refractivity contribution in [2.24, 2.45) is 0 Å². The molecule has 0 saturated carbocycles.